The van der Waals surface area contributed by atoms with E-state index in [1.54, 1.807) is 18.3 Å². The van der Waals surface area contributed by atoms with Crippen molar-refractivity contribution in [2.75, 3.05) is 37.6 Å². The average Bonchev–Trinajstić information content (AvgIpc) is 2.95. The van der Waals surface area contributed by atoms with Gasteiger partial charge in [0.25, 0.3) is 11.1 Å². The molecule has 8 nitrogen and oxygen atoms in total. The van der Waals surface area contributed by atoms with Crippen LogP contribution in [0.5, 0.6) is 0 Å². The molecule has 9 heteroatoms. The number of hydrogen-bond donors (Lipinski definition) is 3. The minimum atomic E-state index is -0.365. The van der Waals surface area contributed by atoms with Crippen LogP contribution in [0.1, 0.15) is 25.0 Å². The van der Waals surface area contributed by atoms with Gasteiger partial charge in [-0.15, -0.1) is 0 Å². The first-order valence-electron chi connectivity index (χ1n) is 9.44. The van der Waals surface area contributed by atoms with E-state index in [0.29, 0.717) is 28.5 Å². The number of aromatic nitrogens is 2. The van der Waals surface area contributed by atoms with Gasteiger partial charge in [-0.3, -0.25) is 14.9 Å². The SMILES string of the molecule is O=C1NC(=O)C(=Cc2ccnc(N3CCC(CNCC4CCN4)CC3)n2)S1. The van der Waals surface area contributed by atoms with Crippen LogP contribution in [0.4, 0.5) is 10.7 Å². The summed E-state index contributed by atoms with van der Waals surface area (Å²) in [6.07, 6.45) is 6.86. The molecule has 0 bridgehead atoms. The summed E-state index contributed by atoms with van der Waals surface area (Å²) in [5.41, 5.74) is 0.643. The maximum Gasteiger partial charge on any atom is 0.290 e. The van der Waals surface area contributed by atoms with Gasteiger partial charge in [0.2, 0.25) is 5.95 Å². The van der Waals surface area contributed by atoms with E-state index in [-0.39, 0.29) is 11.1 Å². The Balaban J connectivity index is 1.30. The number of anilines is 1. The summed E-state index contributed by atoms with van der Waals surface area (Å²) in [6.45, 7) is 5.15. The molecule has 27 heavy (non-hydrogen) atoms. The third kappa shape index (κ3) is 4.66. The Morgan fingerprint density at radius 1 is 1.26 bits per heavy atom. The number of carbonyl (C=O) groups excluding carboxylic acids is 2. The quantitative estimate of drug-likeness (QED) is 0.620. The number of rotatable bonds is 6. The summed E-state index contributed by atoms with van der Waals surface area (Å²) in [5.74, 6) is 1.01. The molecule has 1 aromatic rings. The van der Waals surface area contributed by atoms with E-state index in [2.05, 4.69) is 30.8 Å². The molecule has 1 aromatic heterocycles. The highest BCUT2D eigenvalue weighted by Gasteiger charge is 2.26. The topological polar surface area (TPSA) is 99.2 Å². The maximum atomic E-state index is 11.7. The van der Waals surface area contributed by atoms with Gasteiger partial charge in [0.1, 0.15) is 0 Å². The van der Waals surface area contributed by atoms with Crippen LogP contribution >= 0.6 is 11.8 Å². The molecule has 0 spiro atoms. The van der Waals surface area contributed by atoms with Crippen LogP contribution in [0.25, 0.3) is 6.08 Å². The van der Waals surface area contributed by atoms with Gasteiger partial charge in [-0.25, -0.2) is 9.97 Å². The monoisotopic (exact) mass is 388 g/mol. The number of imide groups is 1. The van der Waals surface area contributed by atoms with Crippen molar-refractivity contribution in [3.63, 3.8) is 0 Å². The summed E-state index contributed by atoms with van der Waals surface area (Å²) >= 11 is 0.902. The van der Waals surface area contributed by atoms with Gasteiger partial charge in [0.15, 0.2) is 0 Å². The van der Waals surface area contributed by atoms with Gasteiger partial charge in [-0.2, -0.15) is 0 Å². The van der Waals surface area contributed by atoms with Gasteiger partial charge in [-0.05, 0) is 62.2 Å². The van der Waals surface area contributed by atoms with Crippen LogP contribution in [-0.4, -0.2) is 59.9 Å². The van der Waals surface area contributed by atoms with Gasteiger partial charge in [0.05, 0.1) is 10.6 Å². The van der Waals surface area contributed by atoms with E-state index in [4.69, 9.17) is 0 Å². The van der Waals surface area contributed by atoms with Crippen molar-refractivity contribution >= 4 is 34.9 Å². The first-order chi connectivity index (χ1) is 13.2. The van der Waals surface area contributed by atoms with Crippen LogP contribution in [0, 0.1) is 5.92 Å². The standard InChI is InChI=1S/C18H24N6O2S/c25-16-15(27-18(26)23-16)9-13-1-6-21-17(22-13)24-7-3-12(4-8-24)10-19-11-14-2-5-20-14/h1,6,9,12,14,19-20H,2-5,7-8,10-11H2,(H,23,25,26). The van der Waals surface area contributed by atoms with Crippen LogP contribution in [0.3, 0.4) is 0 Å². The second-order valence-electron chi connectivity index (χ2n) is 7.16. The smallest absolute Gasteiger partial charge is 0.290 e. The maximum absolute atomic E-state index is 11.7. The molecular formula is C18H24N6O2S. The molecule has 4 heterocycles. The molecule has 4 rings (SSSR count). The molecule has 3 aliphatic heterocycles. The first-order valence-corrected chi connectivity index (χ1v) is 10.3. The summed E-state index contributed by atoms with van der Waals surface area (Å²) in [7, 11) is 0. The number of hydrogen-bond acceptors (Lipinski definition) is 8. The molecule has 0 aromatic carbocycles. The number of thioether (sulfide) groups is 1. The predicted molar refractivity (Wildman–Crippen MR) is 105 cm³/mol. The average molecular weight is 388 g/mol. The number of nitrogens with one attached hydrogen (secondary N) is 3. The minimum Gasteiger partial charge on any atom is -0.341 e. The number of piperidine rings is 1. The van der Waals surface area contributed by atoms with E-state index in [0.717, 1.165) is 57.3 Å². The van der Waals surface area contributed by atoms with Crippen LogP contribution in [0.2, 0.25) is 0 Å². The van der Waals surface area contributed by atoms with Crippen molar-refractivity contribution in [2.45, 2.75) is 25.3 Å². The van der Waals surface area contributed by atoms with E-state index >= 15 is 0 Å². The van der Waals surface area contributed by atoms with Gasteiger partial charge < -0.3 is 15.5 Å². The van der Waals surface area contributed by atoms with Crippen molar-refractivity contribution in [1.82, 2.24) is 25.9 Å². The molecule has 3 saturated heterocycles. The molecule has 1 unspecified atom stereocenters. The lowest BCUT2D eigenvalue weighted by molar-refractivity contribution is -0.115. The lowest BCUT2D eigenvalue weighted by Gasteiger charge is -2.33. The highest BCUT2D eigenvalue weighted by atomic mass is 32.2. The van der Waals surface area contributed by atoms with Crippen molar-refractivity contribution in [2.24, 2.45) is 5.92 Å². The second kappa shape index (κ2) is 8.37. The van der Waals surface area contributed by atoms with Crippen LogP contribution in [0.15, 0.2) is 17.2 Å². The highest BCUT2D eigenvalue weighted by Crippen LogP contribution is 2.26. The second-order valence-corrected chi connectivity index (χ2v) is 8.18. The van der Waals surface area contributed by atoms with E-state index < -0.39 is 0 Å². The summed E-state index contributed by atoms with van der Waals surface area (Å²) < 4.78 is 0. The summed E-state index contributed by atoms with van der Waals surface area (Å²) in [5, 5.41) is 8.90. The normalized spacial score (nSPS) is 25.0. The minimum absolute atomic E-state index is 0.343. The third-order valence-electron chi connectivity index (χ3n) is 5.23. The number of carbonyl (C=O) groups is 2. The Kier molecular flexibility index (Phi) is 5.70. The largest absolute Gasteiger partial charge is 0.341 e. The Morgan fingerprint density at radius 3 is 2.74 bits per heavy atom. The third-order valence-corrected chi connectivity index (χ3v) is 6.04. The molecule has 3 fully saturated rings. The molecular weight excluding hydrogens is 364 g/mol. The van der Waals surface area contributed by atoms with Crippen molar-refractivity contribution in [3.05, 3.63) is 22.9 Å². The Hall–Kier alpha value is -1.97. The zero-order chi connectivity index (χ0) is 18.6. The predicted octanol–water partition coefficient (Wildman–Crippen LogP) is 0.968. The molecule has 3 N–H and O–H groups in total. The van der Waals surface area contributed by atoms with Gasteiger partial charge >= 0.3 is 0 Å². The fourth-order valence-corrected chi connectivity index (χ4v) is 4.14. The lowest BCUT2D eigenvalue weighted by Crippen LogP contribution is -2.50. The van der Waals surface area contributed by atoms with Crippen LogP contribution in [-0.2, 0) is 4.79 Å². The lowest BCUT2D eigenvalue weighted by atomic mass is 9.96. The molecule has 1 atom stereocenters. The number of nitrogens with zero attached hydrogens (tertiary/aromatic N) is 3. The molecule has 3 aliphatic rings. The molecule has 2 amide bonds. The molecule has 144 valence electrons. The first kappa shape index (κ1) is 18.4. The van der Waals surface area contributed by atoms with E-state index in [9.17, 15) is 9.59 Å². The Bertz CT molecular complexity index is 743. The number of amides is 2. The van der Waals surface area contributed by atoms with Crippen molar-refractivity contribution in [1.29, 1.82) is 0 Å². The zero-order valence-electron chi connectivity index (χ0n) is 15.1. The fraction of sp³-hybridized carbons (Fsp3) is 0.556. The fourth-order valence-electron chi connectivity index (χ4n) is 3.47. The Morgan fingerprint density at radius 2 is 2.07 bits per heavy atom. The molecule has 0 aliphatic carbocycles. The van der Waals surface area contributed by atoms with Gasteiger partial charge in [0, 0.05) is 31.9 Å². The zero-order valence-corrected chi connectivity index (χ0v) is 15.9. The van der Waals surface area contributed by atoms with Gasteiger partial charge in [-0.1, -0.05) is 0 Å². The van der Waals surface area contributed by atoms with Crippen LogP contribution < -0.4 is 20.9 Å². The van der Waals surface area contributed by atoms with Crippen molar-refractivity contribution < 1.29 is 9.59 Å². The summed E-state index contributed by atoms with van der Waals surface area (Å²) in [6, 6.07) is 2.41. The Labute approximate surface area is 162 Å². The molecule has 0 saturated carbocycles. The van der Waals surface area contributed by atoms with Crippen molar-refractivity contribution in [3.8, 4) is 0 Å². The highest BCUT2D eigenvalue weighted by molar-refractivity contribution is 8.18. The summed E-state index contributed by atoms with van der Waals surface area (Å²) in [4.78, 5) is 34.5. The van der Waals surface area contributed by atoms with E-state index in [1.807, 2.05) is 0 Å². The molecule has 0 radical (unpaired) electrons. The van der Waals surface area contributed by atoms with E-state index in [1.165, 1.54) is 6.42 Å².